The van der Waals surface area contributed by atoms with Crippen LogP contribution in [0, 0.1) is 18.6 Å². The fourth-order valence-electron chi connectivity index (χ4n) is 3.50. The summed E-state index contributed by atoms with van der Waals surface area (Å²) in [6, 6.07) is 16.5. The number of nitrogens with one attached hydrogen (secondary N) is 1. The second kappa shape index (κ2) is 9.99. The molecular formula is C26H20F2N4O2. The number of benzene rings is 3. The van der Waals surface area contributed by atoms with Gasteiger partial charge in [-0.25, -0.2) is 13.8 Å². The van der Waals surface area contributed by atoms with Crippen molar-refractivity contribution in [2.75, 3.05) is 10.2 Å². The largest absolute Gasteiger partial charge is 0.324 e. The third kappa shape index (κ3) is 5.12. The lowest BCUT2D eigenvalue weighted by atomic mass is 10.0. The standard InChI is InChI=1S/C26H20F2N4O2/c1-17-3-2-4-22(15-17)32(26(34)23-16-29-13-14-30-23)24(18-5-7-19(27)8-6-18)25(33)31-21-11-9-20(28)10-12-21/h2-16,24H,1H3,(H,31,33)/t24-/m0/s1. The van der Waals surface area contributed by atoms with Crippen molar-refractivity contribution in [2.45, 2.75) is 13.0 Å². The van der Waals surface area contributed by atoms with Crippen molar-refractivity contribution in [3.8, 4) is 0 Å². The van der Waals surface area contributed by atoms with E-state index in [1.165, 1.54) is 72.0 Å². The van der Waals surface area contributed by atoms with Crippen LogP contribution in [0.25, 0.3) is 0 Å². The van der Waals surface area contributed by atoms with Crippen LogP contribution in [0.1, 0.15) is 27.7 Å². The zero-order valence-electron chi connectivity index (χ0n) is 18.2. The average Bonchev–Trinajstić information content (AvgIpc) is 2.85. The predicted octanol–water partition coefficient (Wildman–Crippen LogP) is 5.09. The van der Waals surface area contributed by atoms with Crippen LogP contribution in [-0.4, -0.2) is 21.8 Å². The van der Waals surface area contributed by atoms with E-state index in [2.05, 4.69) is 15.3 Å². The molecule has 0 saturated heterocycles. The molecule has 0 radical (unpaired) electrons. The first-order valence-electron chi connectivity index (χ1n) is 10.4. The van der Waals surface area contributed by atoms with Crippen molar-refractivity contribution >= 4 is 23.2 Å². The molecule has 1 atom stereocenters. The Hall–Kier alpha value is -4.46. The number of anilines is 2. The third-order valence-corrected chi connectivity index (χ3v) is 5.08. The molecule has 0 fully saturated rings. The molecule has 2 amide bonds. The normalized spacial score (nSPS) is 11.5. The smallest absolute Gasteiger partial charge is 0.279 e. The van der Waals surface area contributed by atoms with Gasteiger partial charge in [0.2, 0.25) is 0 Å². The molecule has 0 saturated carbocycles. The van der Waals surface area contributed by atoms with Crippen LogP contribution in [0.5, 0.6) is 0 Å². The number of nitrogens with zero attached hydrogens (tertiary/aromatic N) is 3. The lowest BCUT2D eigenvalue weighted by molar-refractivity contribution is -0.117. The molecule has 4 aromatic rings. The van der Waals surface area contributed by atoms with E-state index in [9.17, 15) is 18.4 Å². The van der Waals surface area contributed by atoms with Gasteiger partial charge in [0, 0.05) is 23.8 Å². The van der Waals surface area contributed by atoms with Gasteiger partial charge in [-0.2, -0.15) is 0 Å². The molecular weight excluding hydrogens is 438 g/mol. The zero-order valence-corrected chi connectivity index (χ0v) is 18.2. The van der Waals surface area contributed by atoms with E-state index in [-0.39, 0.29) is 5.69 Å². The van der Waals surface area contributed by atoms with E-state index in [0.29, 0.717) is 16.9 Å². The lowest BCUT2D eigenvalue weighted by Gasteiger charge is -2.31. The maximum atomic E-state index is 13.7. The number of amides is 2. The fourth-order valence-corrected chi connectivity index (χ4v) is 3.50. The van der Waals surface area contributed by atoms with Crippen molar-refractivity contribution in [2.24, 2.45) is 0 Å². The quantitative estimate of drug-likeness (QED) is 0.437. The van der Waals surface area contributed by atoms with Gasteiger partial charge in [0.25, 0.3) is 11.8 Å². The molecule has 3 aromatic carbocycles. The summed E-state index contributed by atoms with van der Waals surface area (Å²) in [6.45, 7) is 1.86. The van der Waals surface area contributed by atoms with Gasteiger partial charge < -0.3 is 5.32 Å². The number of carbonyl (C=O) groups excluding carboxylic acids is 2. The van der Waals surface area contributed by atoms with E-state index in [4.69, 9.17) is 0 Å². The van der Waals surface area contributed by atoms with Gasteiger partial charge in [0.1, 0.15) is 23.4 Å². The Bertz CT molecular complexity index is 1300. The maximum Gasteiger partial charge on any atom is 0.279 e. The number of aromatic nitrogens is 2. The minimum atomic E-state index is -1.19. The van der Waals surface area contributed by atoms with Gasteiger partial charge in [-0.05, 0) is 66.6 Å². The predicted molar refractivity (Wildman–Crippen MR) is 124 cm³/mol. The molecule has 0 aliphatic carbocycles. The van der Waals surface area contributed by atoms with Crippen LogP contribution in [0.2, 0.25) is 0 Å². The Balaban J connectivity index is 1.84. The van der Waals surface area contributed by atoms with Gasteiger partial charge in [-0.3, -0.25) is 19.5 Å². The molecule has 0 bridgehead atoms. The van der Waals surface area contributed by atoms with Crippen molar-refractivity contribution in [3.05, 3.63) is 120 Å². The second-order valence-electron chi connectivity index (χ2n) is 7.56. The zero-order chi connectivity index (χ0) is 24.1. The highest BCUT2D eigenvalue weighted by molar-refractivity contribution is 6.11. The minimum Gasteiger partial charge on any atom is -0.324 e. The van der Waals surface area contributed by atoms with Gasteiger partial charge in [-0.1, -0.05) is 24.3 Å². The van der Waals surface area contributed by atoms with E-state index in [1.807, 2.05) is 13.0 Å². The Morgan fingerprint density at radius 2 is 1.59 bits per heavy atom. The number of hydrogen-bond acceptors (Lipinski definition) is 4. The van der Waals surface area contributed by atoms with Gasteiger partial charge >= 0.3 is 0 Å². The molecule has 6 nitrogen and oxygen atoms in total. The summed E-state index contributed by atoms with van der Waals surface area (Å²) in [7, 11) is 0. The van der Waals surface area contributed by atoms with Crippen LogP contribution in [0.3, 0.4) is 0 Å². The number of halogens is 2. The van der Waals surface area contributed by atoms with Crippen LogP contribution in [-0.2, 0) is 4.79 Å². The number of carbonyl (C=O) groups is 2. The van der Waals surface area contributed by atoms with Gasteiger partial charge in [-0.15, -0.1) is 0 Å². The van der Waals surface area contributed by atoms with Crippen molar-refractivity contribution in [1.82, 2.24) is 9.97 Å². The van der Waals surface area contributed by atoms with Gasteiger partial charge in [0.15, 0.2) is 0 Å². The molecule has 1 aromatic heterocycles. The maximum absolute atomic E-state index is 13.7. The fraction of sp³-hybridized carbons (Fsp3) is 0.0769. The Kier molecular flexibility index (Phi) is 6.68. The molecule has 0 spiro atoms. The number of rotatable bonds is 6. The second-order valence-corrected chi connectivity index (χ2v) is 7.56. The van der Waals surface area contributed by atoms with Crippen molar-refractivity contribution in [1.29, 1.82) is 0 Å². The summed E-state index contributed by atoms with van der Waals surface area (Å²) < 4.78 is 27.1. The molecule has 34 heavy (non-hydrogen) atoms. The first-order valence-corrected chi connectivity index (χ1v) is 10.4. The third-order valence-electron chi connectivity index (χ3n) is 5.08. The Morgan fingerprint density at radius 1 is 0.912 bits per heavy atom. The van der Waals surface area contributed by atoms with E-state index in [1.54, 1.807) is 18.2 Å². The van der Waals surface area contributed by atoms with Crippen LogP contribution in [0.4, 0.5) is 20.2 Å². The van der Waals surface area contributed by atoms with Crippen LogP contribution >= 0.6 is 0 Å². The van der Waals surface area contributed by atoms with E-state index in [0.717, 1.165) is 5.56 Å². The highest BCUT2D eigenvalue weighted by Gasteiger charge is 2.34. The molecule has 1 N–H and O–H groups in total. The minimum absolute atomic E-state index is 0.0331. The lowest BCUT2D eigenvalue weighted by Crippen LogP contribution is -2.42. The van der Waals surface area contributed by atoms with Crippen molar-refractivity contribution in [3.63, 3.8) is 0 Å². The number of aryl methyl sites for hydroxylation is 1. The summed E-state index contributed by atoms with van der Waals surface area (Å²) in [6.07, 6.45) is 4.13. The summed E-state index contributed by atoms with van der Waals surface area (Å²) in [5.41, 5.74) is 2.06. The highest BCUT2D eigenvalue weighted by atomic mass is 19.1. The summed E-state index contributed by atoms with van der Waals surface area (Å²) in [4.78, 5) is 36.6. The molecule has 170 valence electrons. The van der Waals surface area contributed by atoms with E-state index < -0.39 is 29.5 Å². The van der Waals surface area contributed by atoms with E-state index >= 15 is 0 Å². The highest BCUT2D eigenvalue weighted by Crippen LogP contribution is 2.31. The first-order chi connectivity index (χ1) is 16.4. The molecule has 1 heterocycles. The Labute approximate surface area is 194 Å². The Morgan fingerprint density at radius 3 is 2.21 bits per heavy atom. The monoisotopic (exact) mass is 458 g/mol. The van der Waals surface area contributed by atoms with Crippen LogP contribution < -0.4 is 10.2 Å². The summed E-state index contributed by atoms with van der Waals surface area (Å²) >= 11 is 0. The number of hydrogen-bond donors (Lipinski definition) is 1. The average molecular weight is 458 g/mol. The molecule has 0 aliphatic rings. The summed E-state index contributed by atoms with van der Waals surface area (Å²) in [5, 5.41) is 2.72. The van der Waals surface area contributed by atoms with Crippen LogP contribution in [0.15, 0.2) is 91.4 Å². The molecule has 0 aliphatic heterocycles. The summed E-state index contributed by atoms with van der Waals surface area (Å²) in [5.74, 6) is -2.07. The molecule has 4 rings (SSSR count). The SMILES string of the molecule is Cc1cccc(N(C(=O)c2cnccn2)[C@H](C(=O)Nc2ccc(F)cc2)c2ccc(F)cc2)c1. The topological polar surface area (TPSA) is 75.2 Å². The molecule has 8 heteroatoms. The van der Waals surface area contributed by atoms with Crippen molar-refractivity contribution < 1.29 is 18.4 Å². The van der Waals surface area contributed by atoms with Gasteiger partial charge in [0.05, 0.1) is 6.20 Å². The molecule has 0 unspecified atom stereocenters. The first kappa shape index (κ1) is 22.7.